The highest BCUT2D eigenvalue weighted by atomic mass is 35.5. The Labute approximate surface area is 148 Å². The number of hydrogen-bond donors (Lipinski definition) is 2. The van der Waals surface area contributed by atoms with Gasteiger partial charge in [-0.25, -0.2) is 0 Å². The Kier molecular flexibility index (Phi) is 8.24. The summed E-state index contributed by atoms with van der Waals surface area (Å²) in [5.74, 6) is 0. The van der Waals surface area contributed by atoms with Crippen LogP contribution in [-0.2, 0) is 0 Å². The van der Waals surface area contributed by atoms with Crippen molar-refractivity contribution in [3.63, 3.8) is 0 Å². The monoisotopic (exact) mass is 374 g/mol. The fourth-order valence-electron chi connectivity index (χ4n) is 3.32. The van der Waals surface area contributed by atoms with Gasteiger partial charge in [0.1, 0.15) is 0 Å². The molecule has 2 rings (SSSR count). The fraction of sp³-hybridized carbons (Fsp3) is 1.00. The predicted molar refractivity (Wildman–Crippen MR) is 94.5 cm³/mol. The van der Waals surface area contributed by atoms with Crippen LogP contribution in [0.1, 0.15) is 44.9 Å². The van der Waals surface area contributed by atoms with Gasteiger partial charge in [0.15, 0.2) is 0 Å². The standard InChI is InChI=1S/C15H26Cl4N2/c16-10-4-1-5-11(17)14(10)20-8-3-9-21-15-12(18)6-2-7-13(15)19/h10-15,20-21H,1-9H2. The van der Waals surface area contributed by atoms with E-state index in [0.29, 0.717) is 0 Å². The third-order valence-corrected chi connectivity index (χ3v) is 6.55. The SMILES string of the molecule is ClC1CCCC(Cl)C1NCCCNC1C(Cl)CCCC1Cl. The Balaban J connectivity index is 1.61. The Morgan fingerprint density at radius 1 is 0.619 bits per heavy atom. The topological polar surface area (TPSA) is 24.1 Å². The zero-order valence-corrected chi connectivity index (χ0v) is 15.4. The highest BCUT2D eigenvalue weighted by molar-refractivity contribution is 6.25. The van der Waals surface area contributed by atoms with Gasteiger partial charge in [-0.05, 0) is 45.2 Å². The molecule has 0 spiro atoms. The van der Waals surface area contributed by atoms with Crippen LogP contribution < -0.4 is 10.6 Å². The molecule has 4 atom stereocenters. The summed E-state index contributed by atoms with van der Waals surface area (Å²) in [7, 11) is 0. The van der Waals surface area contributed by atoms with E-state index in [-0.39, 0.29) is 33.6 Å². The number of halogens is 4. The van der Waals surface area contributed by atoms with Gasteiger partial charge in [0.2, 0.25) is 0 Å². The van der Waals surface area contributed by atoms with Crippen molar-refractivity contribution < 1.29 is 0 Å². The summed E-state index contributed by atoms with van der Waals surface area (Å²) in [4.78, 5) is 0. The highest BCUT2D eigenvalue weighted by Crippen LogP contribution is 2.28. The third-order valence-electron chi connectivity index (χ3n) is 4.59. The lowest BCUT2D eigenvalue weighted by molar-refractivity contribution is 0.365. The highest BCUT2D eigenvalue weighted by Gasteiger charge is 2.31. The molecular formula is C15H26Cl4N2. The van der Waals surface area contributed by atoms with Crippen molar-refractivity contribution in [1.82, 2.24) is 10.6 Å². The van der Waals surface area contributed by atoms with Gasteiger partial charge in [-0.1, -0.05) is 12.8 Å². The van der Waals surface area contributed by atoms with Gasteiger partial charge in [0.25, 0.3) is 0 Å². The summed E-state index contributed by atoms with van der Waals surface area (Å²) < 4.78 is 0. The maximum absolute atomic E-state index is 6.35. The molecule has 0 bridgehead atoms. The van der Waals surface area contributed by atoms with Crippen LogP contribution in [0.4, 0.5) is 0 Å². The van der Waals surface area contributed by atoms with Crippen LogP contribution in [-0.4, -0.2) is 46.7 Å². The van der Waals surface area contributed by atoms with Crippen molar-refractivity contribution in [3.8, 4) is 0 Å². The zero-order valence-electron chi connectivity index (χ0n) is 12.3. The van der Waals surface area contributed by atoms with Gasteiger partial charge in [-0.2, -0.15) is 0 Å². The van der Waals surface area contributed by atoms with Crippen molar-refractivity contribution in [2.75, 3.05) is 13.1 Å². The van der Waals surface area contributed by atoms with Crippen molar-refractivity contribution >= 4 is 46.4 Å². The quantitative estimate of drug-likeness (QED) is 0.539. The van der Waals surface area contributed by atoms with Gasteiger partial charge in [-0.3, -0.25) is 0 Å². The second-order valence-electron chi connectivity index (χ2n) is 6.24. The van der Waals surface area contributed by atoms with E-state index >= 15 is 0 Å². The first-order valence-electron chi connectivity index (χ1n) is 8.12. The Morgan fingerprint density at radius 3 is 1.29 bits per heavy atom. The van der Waals surface area contributed by atoms with Crippen LogP contribution in [0.15, 0.2) is 0 Å². The lowest BCUT2D eigenvalue weighted by atomic mass is 9.94. The van der Waals surface area contributed by atoms with Crippen molar-refractivity contribution in [1.29, 1.82) is 0 Å². The van der Waals surface area contributed by atoms with E-state index < -0.39 is 0 Å². The van der Waals surface area contributed by atoms with E-state index in [4.69, 9.17) is 46.4 Å². The summed E-state index contributed by atoms with van der Waals surface area (Å²) in [5.41, 5.74) is 0. The first kappa shape index (κ1) is 18.4. The van der Waals surface area contributed by atoms with Crippen molar-refractivity contribution in [2.45, 2.75) is 78.5 Å². The minimum Gasteiger partial charge on any atom is -0.311 e. The summed E-state index contributed by atoms with van der Waals surface area (Å²) in [6.07, 6.45) is 7.55. The molecule has 2 saturated carbocycles. The molecule has 4 unspecified atom stereocenters. The lowest BCUT2D eigenvalue weighted by Gasteiger charge is -2.33. The van der Waals surface area contributed by atoms with Crippen LogP contribution in [0, 0.1) is 0 Å². The van der Waals surface area contributed by atoms with E-state index in [1.54, 1.807) is 0 Å². The summed E-state index contributed by atoms with van der Waals surface area (Å²) in [6.45, 7) is 1.85. The first-order valence-corrected chi connectivity index (χ1v) is 9.87. The maximum Gasteiger partial charge on any atom is 0.0503 e. The van der Waals surface area contributed by atoms with Crippen LogP contribution in [0.5, 0.6) is 0 Å². The van der Waals surface area contributed by atoms with Gasteiger partial charge in [-0.15, -0.1) is 46.4 Å². The largest absolute Gasteiger partial charge is 0.311 e. The first-order chi connectivity index (χ1) is 10.1. The van der Waals surface area contributed by atoms with E-state index in [1.807, 2.05) is 0 Å². The van der Waals surface area contributed by atoms with Gasteiger partial charge in [0.05, 0.1) is 21.5 Å². The number of nitrogens with one attached hydrogen (secondary N) is 2. The molecule has 0 aromatic carbocycles. The molecule has 2 N–H and O–H groups in total. The van der Waals surface area contributed by atoms with Crippen molar-refractivity contribution in [2.24, 2.45) is 0 Å². The van der Waals surface area contributed by atoms with Gasteiger partial charge >= 0.3 is 0 Å². The van der Waals surface area contributed by atoms with Crippen LogP contribution in [0.3, 0.4) is 0 Å². The fourth-order valence-corrected chi connectivity index (χ4v) is 5.15. The van der Waals surface area contributed by atoms with Gasteiger partial charge in [0, 0.05) is 12.1 Å². The molecule has 0 amide bonds. The summed E-state index contributed by atoms with van der Waals surface area (Å²) >= 11 is 25.4. The summed E-state index contributed by atoms with van der Waals surface area (Å²) in [5, 5.41) is 7.66. The molecule has 2 nitrogen and oxygen atoms in total. The van der Waals surface area contributed by atoms with Crippen LogP contribution in [0.25, 0.3) is 0 Å². The normalized spacial score (nSPS) is 41.1. The molecule has 0 saturated heterocycles. The van der Waals surface area contributed by atoms with E-state index in [0.717, 1.165) is 58.0 Å². The Bertz CT molecular complexity index is 257. The number of rotatable bonds is 6. The molecule has 0 aromatic heterocycles. The minimum atomic E-state index is 0.159. The molecule has 2 aliphatic carbocycles. The van der Waals surface area contributed by atoms with Crippen molar-refractivity contribution in [3.05, 3.63) is 0 Å². The molecule has 21 heavy (non-hydrogen) atoms. The Hall–Kier alpha value is 1.08. The molecule has 0 aromatic rings. The van der Waals surface area contributed by atoms with E-state index in [2.05, 4.69) is 10.6 Å². The van der Waals surface area contributed by atoms with Crippen LogP contribution >= 0.6 is 46.4 Å². The molecule has 0 aliphatic heterocycles. The molecule has 2 aliphatic rings. The predicted octanol–water partition coefficient (Wildman–Crippen LogP) is 4.09. The molecule has 124 valence electrons. The number of alkyl halides is 4. The molecule has 6 heteroatoms. The molecule has 0 heterocycles. The molecule has 0 radical (unpaired) electrons. The van der Waals surface area contributed by atoms with E-state index in [9.17, 15) is 0 Å². The Morgan fingerprint density at radius 2 is 0.952 bits per heavy atom. The average Bonchev–Trinajstić information content (AvgIpc) is 2.44. The zero-order chi connectivity index (χ0) is 15.2. The summed E-state index contributed by atoms with van der Waals surface area (Å²) in [6, 6.07) is 0.469. The smallest absolute Gasteiger partial charge is 0.0503 e. The average molecular weight is 376 g/mol. The minimum absolute atomic E-state index is 0.159. The maximum atomic E-state index is 6.35. The lowest BCUT2D eigenvalue weighted by Crippen LogP contribution is -2.49. The molecular weight excluding hydrogens is 350 g/mol. The van der Waals surface area contributed by atoms with E-state index in [1.165, 1.54) is 0 Å². The second-order valence-corrected chi connectivity index (χ2v) is 8.48. The second kappa shape index (κ2) is 9.39. The van der Waals surface area contributed by atoms with Gasteiger partial charge < -0.3 is 10.6 Å². The third kappa shape index (κ3) is 5.58. The van der Waals surface area contributed by atoms with Crippen LogP contribution in [0.2, 0.25) is 0 Å². The molecule has 2 fully saturated rings. The number of hydrogen-bond acceptors (Lipinski definition) is 2.